The molecule has 0 spiro atoms. The number of halogens is 1. The molecule has 5 heteroatoms. The van der Waals surface area contributed by atoms with E-state index in [4.69, 9.17) is 4.74 Å². The predicted octanol–water partition coefficient (Wildman–Crippen LogP) is 3.82. The molecule has 1 aliphatic rings. The second-order valence-corrected chi connectivity index (χ2v) is 6.01. The second kappa shape index (κ2) is 6.99. The Kier molecular flexibility index (Phi) is 4.39. The highest BCUT2D eigenvalue weighted by atomic mass is 19.1. The molecule has 0 unspecified atom stereocenters. The molecule has 2 aromatic carbocycles. The van der Waals surface area contributed by atoms with Gasteiger partial charge in [-0.05, 0) is 23.8 Å². The Labute approximate surface area is 145 Å². The Morgan fingerprint density at radius 1 is 1.08 bits per heavy atom. The summed E-state index contributed by atoms with van der Waals surface area (Å²) in [6, 6.07) is 14.5. The molecule has 0 saturated carbocycles. The van der Waals surface area contributed by atoms with Crippen LogP contribution in [0, 0.1) is 5.82 Å². The summed E-state index contributed by atoms with van der Waals surface area (Å²) < 4.78 is 19.1. The summed E-state index contributed by atoms with van der Waals surface area (Å²) in [7, 11) is 0. The van der Waals surface area contributed by atoms with E-state index >= 15 is 0 Å². The van der Waals surface area contributed by atoms with E-state index in [0.29, 0.717) is 6.61 Å². The zero-order chi connectivity index (χ0) is 17.1. The van der Waals surface area contributed by atoms with Crippen molar-refractivity contribution in [3.05, 3.63) is 89.8 Å². The fourth-order valence-corrected chi connectivity index (χ4v) is 3.18. The second-order valence-electron chi connectivity index (χ2n) is 6.01. The Morgan fingerprint density at radius 3 is 2.72 bits per heavy atom. The lowest BCUT2D eigenvalue weighted by Crippen LogP contribution is -2.31. The van der Waals surface area contributed by atoms with Crippen LogP contribution in [0.1, 0.15) is 35.3 Å². The van der Waals surface area contributed by atoms with Crippen LogP contribution in [0.2, 0.25) is 0 Å². The average Bonchev–Trinajstić information content (AvgIpc) is 2.68. The number of hydrogen-bond donors (Lipinski definition) is 1. The number of benzene rings is 2. The van der Waals surface area contributed by atoms with E-state index < -0.39 is 0 Å². The van der Waals surface area contributed by atoms with Gasteiger partial charge in [0.15, 0.2) is 0 Å². The molecule has 2 atom stereocenters. The van der Waals surface area contributed by atoms with E-state index in [1.165, 1.54) is 12.1 Å². The van der Waals surface area contributed by atoms with Gasteiger partial charge in [0, 0.05) is 30.4 Å². The first-order valence-corrected chi connectivity index (χ1v) is 8.30. The predicted molar refractivity (Wildman–Crippen MR) is 92.7 cm³/mol. The first-order valence-electron chi connectivity index (χ1n) is 8.30. The average molecular weight is 335 g/mol. The molecule has 0 radical (unpaired) electrons. The van der Waals surface area contributed by atoms with E-state index in [1.807, 2.05) is 18.2 Å². The van der Waals surface area contributed by atoms with Gasteiger partial charge in [0.05, 0.1) is 24.5 Å². The van der Waals surface area contributed by atoms with Crippen molar-refractivity contribution < 1.29 is 9.13 Å². The van der Waals surface area contributed by atoms with Gasteiger partial charge in [0.2, 0.25) is 0 Å². The van der Waals surface area contributed by atoms with Crippen LogP contribution < -0.4 is 10.1 Å². The minimum absolute atomic E-state index is 0.127. The van der Waals surface area contributed by atoms with Crippen LogP contribution >= 0.6 is 0 Å². The maximum absolute atomic E-state index is 13.3. The Balaban J connectivity index is 1.69. The first-order chi connectivity index (χ1) is 12.3. The Bertz CT molecular complexity index is 839. The van der Waals surface area contributed by atoms with Crippen LogP contribution in [0.3, 0.4) is 0 Å². The van der Waals surface area contributed by atoms with Crippen LogP contribution in [0.4, 0.5) is 4.39 Å². The molecule has 3 aromatic rings. The van der Waals surface area contributed by atoms with E-state index in [0.717, 1.165) is 29.0 Å². The molecular weight excluding hydrogens is 317 g/mol. The molecule has 1 aromatic heterocycles. The molecule has 2 heterocycles. The van der Waals surface area contributed by atoms with Crippen LogP contribution in [-0.2, 0) is 0 Å². The van der Waals surface area contributed by atoms with Crippen molar-refractivity contribution in [1.29, 1.82) is 0 Å². The van der Waals surface area contributed by atoms with Gasteiger partial charge in [-0.15, -0.1) is 0 Å². The highest BCUT2D eigenvalue weighted by Gasteiger charge is 2.26. The molecule has 4 nitrogen and oxygen atoms in total. The van der Waals surface area contributed by atoms with Gasteiger partial charge in [-0.25, -0.2) is 4.39 Å². The van der Waals surface area contributed by atoms with Gasteiger partial charge < -0.3 is 4.74 Å². The SMILES string of the molecule is Fc1ccc([C@H](N[C@@H]2CCOc3ccccc32)c2cnccn2)cc1. The number of hydrogen-bond acceptors (Lipinski definition) is 4. The molecule has 0 saturated heterocycles. The van der Waals surface area contributed by atoms with Gasteiger partial charge in [-0.3, -0.25) is 15.3 Å². The summed E-state index contributed by atoms with van der Waals surface area (Å²) in [5.41, 5.74) is 2.88. The third kappa shape index (κ3) is 3.37. The normalized spacial score (nSPS) is 17.4. The highest BCUT2D eigenvalue weighted by molar-refractivity contribution is 5.38. The van der Waals surface area contributed by atoms with E-state index in [2.05, 4.69) is 21.4 Å². The number of fused-ring (bicyclic) bond motifs is 1. The maximum atomic E-state index is 13.3. The lowest BCUT2D eigenvalue weighted by atomic mass is 9.96. The van der Waals surface area contributed by atoms with E-state index in [9.17, 15) is 4.39 Å². The standard InChI is InChI=1S/C20H18FN3O/c21-15-7-5-14(6-8-15)20(18-13-22-10-11-23-18)24-17-9-12-25-19-4-2-1-3-16(17)19/h1-8,10-11,13,17,20,24H,9,12H2/t17-,20+/m1/s1. The number of ether oxygens (including phenoxy) is 1. The maximum Gasteiger partial charge on any atom is 0.124 e. The topological polar surface area (TPSA) is 47.0 Å². The van der Waals surface area contributed by atoms with Crippen LogP contribution in [0.25, 0.3) is 0 Å². The molecular formula is C20H18FN3O. The molecule has 0 aliphatic carbocycles. The molecule has 0 amide bonds. The first kappa shape index (κ1) is 15.7. The lowest BCUT2D eigenvalue weighted by molar-refractivity contribution is 0.247. The van der Waals surface area contributed by atoms with Crippen molar-refractivity contribution in [1.82, 2.24) is 15.3 Å². The summed E-state index contributed by atoms with van der Waals surface area (Å²) in [4.78, 5) is 8.63. The smallest absolute Gasteiger partial charge is 0.124 e. The lowest BCUT2D eigenvalue weighted by Gasteiger charge is -2.30. The third-order valence-electron chi connectivity index (χ3n) is 4.41. The van der Waals surface area contributed by atoms with Crippen molar-refractivity contribution in [2.24, 2.45) is 0 Å². The van der Waals surface area contributed by atoms with Gasteiger partial charge in [-0.1, -0.05) is 30.3 Å². The summed E-state index contributed by atoms with van der Waals surface area (Å²) in [5, 5.41) is 3.66. The zero-order valence-corrected chi connectivity index (χ0v) is 13.6. The van der Waals surface area contributed by atoms with Gasteiger partial charge in [0.25, 0.3) is 0 Å². The summed E-state index contributed by atoms with van der Waals surface area (Å²) in [6.45, 7) is 0.658. The number of rotatable bonds is 4. The number of nitrogens with zero attached hydrogens (tertiary/aromatic N) is 2. The van der Waals surface area contributed by atoms with Crippen molar-refractivity contribution in [2.75, 3.05) is 6.61 Å². The largest absolute Gasteiger partial charge is 0.493 e. The third-order valence-corrected chi connectivity index (χ3v) is 4.41. The summed E-state index contributed by atoms with van der Waals surface area (Å²) >= 11 is 0. The fourth-order valence-electron chi connectivity index (χ4n) is 3.18. The van der Waals surface area contributed by atoms with Crippen molar-refractivity contribution in [2.45, 2.75) is 18.5 Å². The van der Waals surface area contributed by atoms with Crippen LogP contribution in [0.15, 0.2) is 67.1 Å². The van der Waals surface area contributed by atoms with Crippen molar-refractivity contribution in [3.63, 3.8) is 0 Å². The zero-order valence-electron chi connectivity index (χ0n) is 13.6. The molecule has 4 rings (SSSR count). The van der Waals surface area contributed by atoms with E-state index in [1.54, 1.807) is 30.7 Å². The van der Waals surface area contributed by atoms with Crippen LogP contribution in [-0.4, -0.2) is 16.6 Å². The number of aromatic nitrogens is 2. The monoisotopic (exact) mass is 335 g/mol. The summed E-state index contributed by atoms with van der Waals surface area (Å²) in [5.74, 6) is 0.654. The van der Waals surface area contributed by atoms with Gasteiger partial charge in [0.1, 0.15) is 11.6 Å². The fraction of sp³-hybridized carbons (Fsp3) is 0.200. The van der Waals surface area contributed by atoms with Gasteiger partial charge in [-0.2, -0.15) is 0 Å². The Morgan fingerprint density at radius 2 is 1.92 bits per heavy atom. The highest BCUT2D eigenvalue weighted by Crippen LogP contribution is 2.34. The molecule has 25 heavy (non-hydrogen) atoms. The quantitative estimate of drug-likeness (QED) is 0.787. The molecule has 126 valence electrons. The summed E-state index contributed by atoms with van der Waals surface area (Å²) in [6.07, 6.45) is 5.92. The molecule has 0 bridgehead atoms. The molecule has 1 N–H and O–H groups in total. The minimum Gasteiger partial charge on any atom is -0.493 e. The Hall–Kier alpha value is -2.79. The molecule has 0 fully saturated rings. The number of nitrogens with one attached hydrogen (secondary N) is 1. The minimum atomic E-state index is -0.252. The number of para-hydroxylation sites is 1. The van der Waals surface area contributed by atoms with Crippen molar-refractivity contribution >= 4 is 0 Å². The van der Waals surface area contributed by atoms with Crippen molar-refractivity contribution in [3.8, 4) is 5.75 Å². The molecule has 1 aliphatic heterocycles. The van der Waals surface area contributed by atoms with Crippen LogP contribution in [0.5, 0.6) is 5.75 Å². The van der Waals surface area contributed by atoms with E-state index in [-0.39, 0.29) is 17.9 Å². The van der Waals surface area contributed by atoms with Gasteiger partial charge >= 0.3 is 0 Å².